The number of rotatable bonds is 3. The van der Waals surface area contributed by atoms with E-state index >= 15 is 0 Å². The normalized spacial score (nSPS) is 15.5. The first-order valence-electron chi connectivity index (χ1n) is 9.43. The average Bonchev–Trinajstić information content (AvgIpc) is 2.76. The van der Waals surface area contributed by atoms with Crippen molar-refractivity contribution in [3.8, 4) is 0 Å². The predicted octanol–water partition coefficient (Wildman–Crippen LogP) is 2.34. The average molecular weight is 446 g/mol. The molecule has 9 heteroatoms. The number of carbonyl (C=O) groups is 1. The summed E-state index contributed by atoms with van der Waals surface area (Å²) in [6.45, 7) is 0.851. The molecule has 1 amide bonds. The first-order valence-corrected chi connectivity index (χ1v) is 11.2. The van der Waals surface area contributed by atoms with Crippen LogP contribution in [0.4, 0.5) is 0 Å². The van der Waals surface area contributed by atoms with Crippen molar-refractivity contribution in [2.45, 2.75) is 4.90 Å². The van der Waals surface area contributed by atoms with E-state index in [1.807, 2.05) is 18.2 Å². The second-order valence-corrected chi connectivity index (χ2v) is 9.50. The molecule has 0 aliphatic carbocycles. The number of para-hydroxylation sites is 1. The van der Waals surface area contributed by atoms with Crippen LogP contribution >= 0.6 is 11.6 Å². The Bertz CT molecular complexity index is 1280. The first kappa shape index (κ1) is 20.6. The van der Waals surface area contributed by atoms with Gasteiger partial charge in [0.05, 0.1) is 16.0 Å². The summed E-state index contributed by atoms with van der Waals surface area (Å²) in [5.74, 6) is -0.271. The Labute approximate surface area is 179 Å². The highest BCUT2D eigenvalue weighted by atomic mass is 35.5. The van der Waals surface area contributed by atoms with E-state index in [4.69, 9.17) is 11.6 Å². The number of hydrogen-bond acceptors (Lipinski definition) is 4. The topological polar surface area (TPSA) is 79.7 Å². The Morgan fingerprint density at radius 2 is 1.60 bits per heavy atom. The molecule has 0 bridgehead atoms. The van der Waals surface area contributed by atoms with Gasteiger partial charge in [-0.2, -0.15) is 4.31 Å². The van der Waals surface area contributed by atoms with Crippen LogP contribution in [0.2, 0.25) is 5.02 Å². The molecule has 3 aromatic rings. The summed E-state index contributed by atoms with van der Waals surface area (Å²) >= 11 is 5.85. The van der Waals surface area contributed by atoms with Crippen LogP contribution in [0.3, 0.4) is 0 Å². The molecular weight excluding hydrogens is 426 g/mol. The van der Waals surface area contributed by atoms with Gasteiger partial charge in [-0.1, -0.05) is 29.8 Å². The van der Waals surface area contributed by atoms with Crippen LogP contribution in [0.25, 0.3) is 10.9 Å². The van der Waals surface area contributed by atoms with Gasteiger partial charge >= 0.3 is 0 Å². The van der Waals surface area contributed by atoms with E-state index in [0.29, 0.717) is 21.5 Å². The van der Waals surface area contributed by atoms with Crippen molar-refractivity contribution in [3.05, 3.63) is 75.5 Å². The molecule has 30 heavy (non-hydrogen) atoms. The number of piperazine rings is 1. The standard InChI is InChI=1S/C21H20ClN3O4S/c1-23-19-5-3-2-4-17(19)18(14-20(23)26)21(27)24-10-12-25(13-11-24)30(28,29)16-8-6-15(22)7-9-16/h2-9,14H,10-13H2,1H3. The van der Waals surface area contributed by atoms with Crippen LogP contribution in [-0.4, -0.2) is 54.3 Å². The largest absolute Gasteiger partial charge is 0.336 e. The van der Waals surface area contributed by atoms with E-state index in [1.54, 1.807) is 18.0 Å². The molecule has 0 atom stereocenters. The molecule has 1 aliphatic heterocycles. The van der Waals surface area contributed by atoms with Crippen molar-refractivity contribution < 1.29 is 13.2 Å². The van der Waals surface area contributed by atoms with Gasteiger partial charge < -0.3 is 9.47 Å². The third-order valence-corrected chi connectivity index (χ3v) is 7.53. The monoisotopic (exact) mass is 445 g/mol. The van der Waals surface area contributed by atoms with Crippen molar-refractivity contribution in [1.29, 1.82) is 0 Å². The van der Waals surface area contributed by atoms with Gasteiger partial charge in [-0.05, 0) is 30.3 Å². The number of pyridine rings is 1. The molecule has 1 fully saturated rings. The number of aryl methyl sites for hydroxylation is 1. The van der Waals surface area contributed by atoms with E-state index in [0.717, 1.165) is 0 Å². The number of aromatic nitrogens is 1. The summed E-state index contributed by atoms with van der Waals surface area (Å²) in [7, 11) is -1.99. The van der Waals surface area contributed by atoms with Gasteiger partial charge in [0.15, 0.2) is 0 Å². The summed E-state index contributed by atoms with van der Waals surface area (Å²) in [6, 6.07) is 14.6. The Balaban J connectivity index is 1.56. The number of sulfonamides is 1. The summed E-state index contributed by atoms with van der Waals surface area (Å²) in [6.07, 6.45) is 0. The number of halogens is 1. The molecule has 0 spiro atoms. The van der Waals surface area contributed by atoms with Gasteiger partial charge in [-0.25, -0.2) is 8.42 Å². The number of carbonyl (C=O) groups excluding carboxylic acids is 1. The van der Waals surface area contributed by atoms with Crippen LogP contribution in [-0.2, 0) is 17.1 Å². The minimum Gasteiger partial charge on any atom is -0.336 e. The van der Waals surface area contributed by atoms with Crippen molar-refractivity contribution in [3.63, 3.8) is 0 Å². The van der Waals surface area contributed by atoms with Crippen LogP contribution < -0.4 is 5.56 Å². The Kier molecular flexibility index (Phi) is 5.40. The Hall–Kier alpha value is -2.68. The summed E-state index contributed by atoms with van der Waals surface area (Å²) in [5.41, 5.74) is 0.751. The predicted molar refractivity (Wildman–Crippen MR) is 115 cm³/mol. The molecule has 2 aromatic carbocycles. The van der Waals surface area contributed by atoms with Crippen LogP contribution in [0.15, 0.2) is 64.3 Å². The van der Waals surface area contributed by atoms with E-state index in [-0.39, 0.29) is 42.5 Å². The van der Waals surface area contributed by atoms with Gasteiger partial charge in [0.2, 0.25) is 10.0 Å². The summed E-state index contributed by atoms with van der Waals surface area (Å²) in [5, 5.41) is 1.16. The lowest BCUT2D eigenvalue weighted by Crippen LogP contribution is -2.50. The van der Waals surface area contributed by atoms with Gasteiger partial charge in [-0.3, -0.25) is 9.59 Å². The number of amides is 1. The third kappa shape index (κ3) is 3.62. The lowest BCUT2D eigenvalue weighted by atomic mass is 10.1. The zero-order valence-electron chi connectivity index (χ0n) is 16.3. The molecule has 1 saturated heterocycles. The molecule has 0 radical (unpaired) electrons. The van der Waals surface area contributed by atoms with Gasteiger partial charge in [0.25, 0.3) is 11.5 Å². The Morgan fingerprint density at radius 1 is 0.967 bits per heavy atom. The summed E-state index contributed by atoms with van der Waals surface area (Å²) < 4.78 is 28.5. The molecular formula is C21H20ClN3O4S. The van der Waals surface area contributed by atoms with Gasteiger partial charge in [0, 0.05) is 49.7 Å². The summed E-state index contributed by atoms with van der Waals surface area (Å²) in [4.78, 5) is 27.2. The molecule has 0 N–H and O–H groups in total. The minimum atomic E-state index is -3.66. The van der Waals surface area contributed by atoms with Crippen LogP contribution in [0, 0.1) is 0 Å². The van der Waals surface area contributed by atoms with Crippen molar-refractivity contribution in [2.24, 2.45) is 7.05 Å². The first-order chi connectivity index (χ1) is 14.3. The minimum absolute atomic E-state index is 0.171. The maximum absolute atomic E-state index is 13.1. The van der Waals surface area contributed by atoms with E-state index < -0.39 is 10.0 Å². The van der Waals surface area contributed by atoms with Crippen molar-refractivity contribution in [2.75, 3.05) is 26.2 Å². The van der Waals surface area contributed by atoms with E-state index in [2.05, 4.69) is 0 Å². The van der Waals surface area contributed by atoms with Gasteiger partial charge in [0.1, 0.15) is 0 Å². The number of hydrogen-bond donors (Lipinski definition) is 0. The molecule has 0 unspecified atom stereocenters. The third-order valence-electron chi connectivity index (χ3n) is 5.36. The van der Waals surface area contributed by atoms with E-state index in [1.165, 1.54) is 39.2 Å². The van der Waals surface area contributed by atoms with Crippen molar-refractivity contribution >= 4 is 38.4 Å². The molecule has 1 aromatic heterocycles. The SMILES string of the molecule is Cn1c(=O)cc(C(=O)N2CCN(S(=O)(=O)c3ccc(Cl)cc3)CC2)c2ccccc21. The maximum Gasteiger partial charge on any atom is 0.254 e. The van der Waals surface area contributed by atoms with Crippen LogP contribution in [0.5, 0.6) is 0 Å². The fourth-order valence-electron chi connectivity index (χ4n) is 3.65. The van der Waals surface area contributed by atoms with Gasteiger partial charge in [-0.15, -0.1) is 0 Å². The molecule has 7 nitrogen and oxygen atoms in total. The number of benzene rings is 2. The second kappa shape index (κ2) is 7.86. The number of nitrogens with zero attached hydrogens (tertiary/aromatic N) is 3. The fraction of sp³-hybridized carbons (Fsp3) is 0.238. The van der Waals surface area contributed by atoms with E-state index in [9.17, 15) is 18.0 Å². The zero-order chi connectivity index (χ0) is 21.5. The molecule has 156 valence electrons. The van der Waals surface area contributed by atoms with Crippen molar-refractivity contribution in [1.82, 2.24) is 13.8 Å². The Morgan fingerprint density at radius 3 is 2.27 bits per heavy atom. The highest BCUT2D eigenvalue weighted by Gasteiger charge is 2.31. The quantitative estimate of drug-likeness (QED) is 0.619. The highest BCUT2D eigenvalue weighted by Crippen LogP contribution is 2.22. The molecule has 0 saturated carbocycles. The number of fused-ring (bicyclic) bond motifs is 1. The van der Waals surface area contributed by atoms with Crippen LogP contribution in [0.1, 0.15) is 10.4 Å². The molecule has 1 aliphatic rings. The zero-order valence-corrected chi connectivity index (χ0v) is 17.9. The fourth-order valence-corrected chi connectivity index (χ4v) is 5.19. The smallest absolute Gasteiger partial charge is 0.254 e. The molecule has 2 heterocycles. The lowest BCUT2D eigenvalue weighted by Gasteiger charge is -2.34. The highest BCUT2D eigenvalue weighted by molar-refractivity contribution is 7.89. The second-order valence-electron chi connectivity index (χ2n) is 7.12. The maximum atomic E-state index is 13.1. The lowest BCUT2D eigenvalue weighted by molar-refractivity contribution is 0.0699. The molecule has 4 rings (SSSR count).